The van der Waals surface area contributed by atoms with Crippen molar-refractivity contribution < 1.29 is 27.5 Å². The zero-order valence-corrected chi connectivity index (χ0v) is 18.3. The highest BCUT2D eigenvalue weighted by Crippen LogP contribution is 2.29. The average Bonchev–Trinajstić information content (AvgIpc) is 2.73. The largest absolute Gasteiger partial charge is 0.491 e. The molecule has 32 heavy (non-hydrogen) atoms. The molecular formula is C23H26F3N3O3. The summed E-state index contributed by atoms with van der Waals surface area (Å²) in [7, 11) is 0. The quantitative estimate of drug-likeness (QED) is 0.358. The smallest absolute Gasteiger partial charge is 0.303 e. The molecule has 2 aromatic carbocycles. The Morgan fingerprint density at radius 2 is 1.59 bits per heavy atom. The highest BCUT2D eigenvalue weighted by Gasteiger charge is 2.49. The van der Waals surface area contributed by atoms with Gasteiger partial charge in [-0.1, -0.05) is 19.1 Å². The minimum absolute atomic E-state index is 0.00986. The summed E-state index contributed by atoms with van der Waals surface area (Å²) >= 11 is 0. The number of ether oxygens (including phenoxy) is 1. The Balaban J connectivity index is 2.19. The van der Waals surface area contributed by atoms with Crippen molar-refractivity contribution in [2.75, 3.05) is 10.6 Å². The van der Waals surface area contributed by atoms with Crippen LogP contribution >= 0.6 is 0 Å². The molecule has 9 heteroatoms. The van der Waals surface area contributed by atoms with E-state index < -0.39 is 34.7 Å². The first-order valence-corrected chi connectivity index (χ1v) is 10.0. The summed E-state index contributed by atoms with van der Waals surface area (Å²) in [5, 5.41) is 12.1. The molecule has 2 aromatic rings. The number of alkyl halides is 3. The molecule has 2 amide bonds. The van der Waals surface area contributed by atoms with E-state index >= 15 is 4.39 Å². The third-order valence-corrected chi connectivity index (χ3v) is 4.79. The monoisotopic (exact) mass is 449 g/mol. The number of nitrogens with one attached hydrogen (secondary N) is 3. The summed E-state index contributed by atoms with van der Waals surface area (Å²) in [6.07, 6.45) is 0.791. The minimum atomic E-state index is -3.35. The fraction of sp³-hybridized carbons (Fsp3) is 0.348. The van der Waals surface area contributed by atoms with Crippen LogP contribution in [0.3, 0.4) is 0 Å². The van der Waals surface area contributed by atoms with Crippen LogP contribution in [0.15, 0.2) is 48.5 Å². The molecule has 0 fully saturated rings. The lowest BCUT2D eigenvalue weighted by Crippen LogP contribution is -2.53. The van der Waals surface area contributed by atoms with E-state index in [2.05, 4.69) is 10.6 Å². The number of carbonyl (C=O) groups excluding carboxylic acids is 2. The summed E-state index contributed by atoms with van der Waals surface area (Å²) in [4.78, 5) is 25.2. The first kappa shape index (κ1) is 24.9. The molecule has 0 aliphatic rings. The van der Waals surface area contributed by atoms with Crippen LogP contribution < -0.4 is 15.4 Å². The van der Waals surface area contributed by atoms with Crippen LogP contribution in [0.4, 0.5) is 24.5 Å². The van der Waals surface area contributed by atoms with Crippen LogP contribution in [0.1, 0.15) is 39.7 Å². The molecule has 2 unspecified atom stereocenters. The molecule has 0 aliphatic carbocycles. The van der Waals surface area contributed by atoms with Gasteiger partial charge in [0.05, 0.1) is 11.8 Å². The van der Waals surface area contributed by atoms with Gasteiger partial charge in [0.1, 0.15) is 5.75 Å². The second-order valence-corrected chi connectivity index (χ2v) is 7.52. The number of hydrogen-bond acceptors (Lipinski definition) is 4. The van der Waals surface area contributed by atoms with E-state index in [-0.39, 0.29) is 17.5 Å². The maximum absolute atomic E-state index is 15.5. The van der Waals surface area contributed by atoms with E-state index in [1.54, 1.807) is 12.1 Å². The van der Waals surface area contributed by atoms with E-state index in [0.29, 0.717) is 12.7 Å². The number of carbonyl (C=O) groups is 2. The van der Waals surface area contributed by atoms with Crippen molar-refractivity contribution in [3.63, 3.8) is 0 Å². The normalized spacial score (nSPS) is 14.1. The zero-order chi connectivity index (χ0) is 24.1. The highest BCUT2D eigenvalue weighted by molar-refractivity contribution is 6.32. The van der Waals surface area contributed by atoms with Gasteiger partial charge < -0.3 is 20.8 Å². The van der Waals surface area contributed by atoms with Crippen LogP contribution in [0.25, 0.3) is 0 Å². The van der Waals surface area contributed by atoms with E-state index in [0.717, 1.165) is 25.5 Å². The van der Waals surface area contributed by atoms with Gasteiger partial charge in [0, 0.05) is 23.9 Å². The second kappa shape index (κ2) is 9.84. The first-order chi connectivity index (χ1) is 14.9. The van der Waals surface area contributed by atoms with Crippen molar-refractivity contribution >= 4 is 28.9 Å². The predicted molar refractivity (Wildman–Crippen MR) is 117 cm³/mol. The van der Waals surface area contributed by atoms with E-state index in [9.17, 15) is 18.4 Å². The van der Waals surface area contributed by atoms with Crippen molar-refractivity contribution in [2.24, 2.45) is 0 Å². The Labute approximate surface area is 184 Å². The molecule has 2 rings (SSSR count). The summed E-state index contributed by atoms with van der Waals surface area (Å²) < 4.78 is 48.2. The Kier molecular flexibility index (Phi) is 7.66. The fourth-order valence-corrected chi connectivity index (χ4v) is 2.68. The van der Waals surface area contributed by atoms with Gasteiger partial charge >= 0.3 is 5.67 Å². The van der Waals surface area contributed by atoms with Gasteiger partial charge in [-0.05, 0) is 56.7 Å². The Morgan fingerprint density at radius 3 is 2.09 bits per heavy atom. The summed E-state index contributed by atoms with van der Waals surface area (Å²) in [6.45, 7) is 5.52. The number of anilines is 2. The maximum atomic E-state index is 15.5. The van der Waals surface area contributed by atoms with Crippen molar-refractivity contribution in [3.8, 4) is 5.75 Å². The maximum Gasteiger partial charge on any atom is 0.303 e. The molecule has 2 atom stereocenters. The molecule has 0 radical (unpaired) electrons. The lowest BCUT2D eigenvalue weighted by Gasteiger charge is -2.23. The third-order valence-electron chi connectivity index (χ3n) is 4.79. The van der Waals surface area contributed by atoms with Crippen molar-refractivity contribution in [2.45, 2.75) is 51.8 Å². The van der Waals surface area contributed by atoms with E-state index in [1.165, 1.54) is 24.3 Å². The molecule has 3 N–H and O–H groups in total. The van der Waals surface area contributed by atoms with Crippen molar-refractivity contribution in [1.82, 2.24) is 0 Å². The molecule has 172 valence electrons. The van der Waals surface area contributed by atoms with E-state index in [1.807, 2.05) is 13.8 Å². The molecule has 6 nitrogen and oxygen atoms in total. The number of hydrogen-bond donors (Lipinski definition) is 3. The van der Waals surface area contributed by atoms with Crippen LogP contribution in [-0.4, -0.2) is 29.3 Å². The molecule has 0 saturated carbocycles. The Hall–Kier alpha value is -3.36. The number of halogens is 3. The highest BCUT2D eigenvalue weighted by atomic mass is 19.3. The summed E-state index contributed by atoms with van der Waals surface area (Å²) in [5.74, 6) is -5.46. The van der Waals surface area contributed by atoms with Gasteiger partial charge in [-0.3, -0.25) is 9.59 Å². The van der Waals surface area contributed by atoms with Crippen LogP contribution in [0.5, 0.6) is 5.75 Å². The number of amides is 2. The van der Waals surface area contributed by atoms with Gasteiger partial charge in [-0.25, -0.2) is 13.2 Å². The van der Waals surface area contributed by atoms with Gasteiger partial charge in [-0.2, -0.15) is 0 Å². The van der Waals surface area contributed by atoms with Crippen LogP contribution in [-0.2, 0) is 15.5 Å². The lowest BCUT2D eigenvalue weighted by molar-refractivity contribution is -0.134. The zero-order valence-electron chi connectivity index (χ0n) is 18.3. The third kappa shape index (κ3) is 5.87. The topological polar surface area (TPSA) is 91.3 Å². The van der Waals surface area contributed by atoms with Gasteiger partial charge in [0.25, 0.3) is 17.7 Å². The molecule has 0 saturated heterocycles. The standard InChI is InChI=1S/C23H26F3N3O3/c1-5-14(2)32-19-11-9-17(10-12-19)28-20(30)23(26,15(3)27)21(31)29-18-8-6-7-16(13-18)22(4,24)25/h6-14,27H,5H2,1-4H3,(H,28,30)(H,29,31). The number of rotatable bonds is 9. The predicted octanol–water partition coefficient (Wildman–Crippen LogP) is 5.30. The molecule has 0 bridgehead atoms. The molecule has 0 aromatic heterocycles. The van der Waals surface area contributed by atoms with E-state index in [4.69, 9.17) is 10.1 Å². The second-order valence-electron chi connectivity index (χ2n) is 7.52. The first-order valence-electron chi connectivity index (χ1n) is 10.0. The van der Waals surface area contributed by atoms with Crippen molar-refractivity contribution in [3.05, 3.63) is 54.1 Å². The van der Waals surface area contributed by atoms with Gasteiger partial charge in [-0.15, -0.1) is 0 Å². The fourth-order valence-electron chi connectivity index (χ4n) is 2.68. The molecular weight excluding hydrogens is 423 g/mol. The Bertz CT molecular complexity index is 990. The van der Waals surface area contributed by atoms with Gasteiger partial charge in [0.15, 0.2) is 0 Å². The molecule has 0 heterocycles. The SMILES string of the molecule is CCC(C)Oc1ccc(NC(=O)C(F)(C(C)=N)C(=O)Nc2cccc(C(C)(F)F)c2)cc1. The minimum Gasteiger partial charge on any atom is -0.491 e. The van der Waals surface area contributed by atoms with Gasteiger partial charge in [0.2, 0.25) is 0 Å². The average molecular weight is 449 g/mol. The molecule has 0 aliphatic heterocycles. The molecule has 0 spiro atoms. The van der Waals surface area contributed by atoms with Crippen LogP contribution in [0.2, 0.25) is 0 Å². The summed E-state index contributed by atoms with van der Waals surface area (Å²) in [5.41, 5.74) is -4.54. The van der Waals surface area contributed by atoms with Crippen LogP contribution in [0, 0.1) is 5.41 Å². The summed E-state index contributed by atoms with van der Waals surface area (Å²) in [6, 6.07) is 10.8. The number of benzene rings is 2. The lowest BCUT2D eigenvalue weighted by atomic mass is 9.97. The van der Waals surface area contributed by atoms with Crippen molar-refractivity contribution in [1.29, 1.82) is 5.41 Å². The Morgan fingerprint density at radius 1 is 1.03 bits per heavy atom.